The maximum Gasteiger partial charge on any atom is 0.263 e. The van der Waals surface area contributed by atoms with Gasteiger partial charge in [-0.1, -0.05) is 0 Å². The lowest BCUT2D eigenvalue weighted by molar-refractivity contribution is -0.139. The van der Waals surface area contributed by atoms with Gasteiger partial charge in [-0.25, -0.2) is 0 Å². The molecule has 0 radical (unpaired) electrons. The first-order valence-corrected chi connectivity index (χ1v) is 8.12. The number of benzene rings is 1. The SMILES string of the molecule is C[C@@H](Oc1ccc(C#N)cc1)C(=O)N1CCC[C@@H](n2cccn2)C1. The van der Waals surface area contributed by atoms with Crippen molar-refractivity contribution in [3.8, 4) is 11.8 Å². The number of nitriles is 1. The van der Waals surface area contributed by atoms with Gasteiger partial charge in [0.15, 0.2) is 6.10 Å². The summed E-state index contributed by atoms with van der Waals surface area (Å²) in [6.45, 7) is 3.16. The van der Waals surface area contributed by atoms with Gasteiger partial charge in [-0.05, 0) is 50.1 Å². The molecule has 1 aliphatic heterocycles. The second-order valence-electron chi connectivity index (χ2n) is 5.96. The number of hydrogen-bond donors (Lipinski definition) is 0. The Morgan fingerprint density at radius 1 is 1.42 bits per heavy atom. The van der Waals surface area contributed by atoms with Gasteiger partial charge in [-0.3, -0.25) is 9.48 Å². The summed E-state index contributed by atoms with van der Waals surface area (Å²) >= 11 is 0. The molecule has 0 bridgehead atoms. The number of rotatable bonds is 4. The second-order valence-corrected chi connectivity index (χ2v) is 5.96. The minimum atomic E-state index is -0.561. The van der Waals surface area contributed by atoms with E-state index in [4.69, 9.17) is 10.00 Å². The average molecular weight is 324 g/mol. The molecule has 1 saturated heterocycles. The molecule has 6 heteroatoms. The van der Waals surface area contributed by atoms with Crippen LogP contribution in [-0.2, 0) is 4.79 Å². The molecule has 0 N–H and O–H groups in total. The fraction of sp³-hybridized carbons (Fsp3) is 0.389. The minimum absolute atomic E-state index is 0.0174. The number of piperidine rings is 1. The maximum atomic E-state index is 12.7. The summed E-state index contributed by atoms with van der Waals surface area (Å²) in [5.74, 6) is 0.576. The highest BCUT2D eigenvalue weighted by Crippen LogP contribution is 2.22. The molecule has 0 unspecified atom stereocenters. The molecular formula is C18H20N4O2. The number of ether oxygens (including phenoxy) is 1. The largest absolute Gasteiger partial charge is 0.481 e. The lowest BCUT2D eigenvalue weighted by Gasteiger charge is -2.34. The van der Waals surface area contributed by atoms with Crippen LogP contribution in [0.3, 0.4) is 0 Å². The van der Waals surface area contributed by atoms with E-state index in [0.717, 1.165) is 19.4 Å². The van der Waals surface area contributed by atoms with Crippen molar-refractivity contribution in [3.63, 3.8) is 0 Å². The second kappa shape index (κ2) is 7.18. The molecular weight excluding hydrogens is 304 g/mol. The first-order valence-electron chi connectivity index (χ1n) is 8.12. The fourth-order valence-electron chi connectivity index (χ4n) is 2.99. The van der Waals surface area contributed by atoms with Gasteiger partial charge >= 0.3 is 0 Å². The monoisotopic (exact) mass is 324 g/mol. The fourth-order valence-corrected chi connectivity index (χ4v) is 2.99. The van der Waals surface area contributed by atoms with Crippen LogP contribution in [-0.4, -0.2) is 39.8 Å². The molecule has 2 aromatic rings. The van der Waals surface area contributed by atoms with E-state index >= 15 is 0 Å². The Kier molecular flexibility index (Phi) is 4.80. The number of hydrogen-bond acceptors (Lipinski definition) is 4. The minimum Gasteiger partial charge on any atom is -0.481 e. The van der Waals surface area contributed by atoms with Gasteiger partial charge < -0.3 is 9.64 Å². The Morgan fingerprint density at radius 3 is 2.88 bits per heavy atom. The first kappa shape index (κ1) is 16.1. The lowest BCUT2D eigenvalue weighted by atomic mass is 10.1. The number of carbonyl (C=O) groups excluding carboxylic acids is 1. The van der Waals surface area contributed by atoms with Gasteiger partial charge in [-0.15, -0.1) is 0 Å². The standard InChI is InChI=1S/C18H20N4O2/c1-14(24-17-7-5-15(12-19)6-8-17)18(23)21-10-2-4-16(13-21)22-11-3-9-20-22/h3,5-9,11,14,16H,2,4,10,13H2,1H3/t14-,16-/m1/s1. The number of nitrogens with zero attached hydrogens (tertiary/aromatic N) is 4. The third kappa shape index (κ3) is 3.57. The van der Waals surface area contributed by atoms with E-state index in [-0.39, 0.29) is 11.9 Å². The number of likely N-dealkylation sites (tertiary alicyclic amines) is 1. The molecule has 6 nitrogen and oxygen atoms in total. The smallest absolute Gasteiger partial charge is 0.263 e. The number of carbonyl (C=O) groups is 1. The molecule has 1 aromatic carbocycles. The van der Waals surface area contributed by atoms with Gasteiger partial charge in [-0.2, -0.15) is 10.4 Å². The van der Waals surface area contributed by atoms with E-state index in [2.05, 4.69) is 11.2 Å². The van der Waals surface area contributed by atoms with Crippen molar-refractivity contribution in [1.29, 1.82) is 5.26 Å². The molecule has 124 valence electrons. The summed E-state index contributed by atoms with van der Waals surface area (Å²) in [6.07, 6.45) is 5.12. The van der Waals surface area contributed by atoms with Crippen molar-refractivity contribution in [3.05, 3.63) is 48.3 Å². The molecule has 1 fully saturated rings. The first-order chi connectivity index (χ1) is 11.7. The molecule has 2 atom stereocenters. The Labute approximate surface area is 141 Å². The van der Waals surface area contributed by atoms with Crippen LogP contribution in [0, 0.1) is 11.3 Å². The van der Waals surface area contributed by atoms with Crippen molar-refractivity contribution in [2.45, 2.75) is 31.9 Å². The van der Waals surface area contributed by atoms with Crippen molar-refractivity contribution in [2.24, 2.45) is 0 Å². The topological polar surface area (TPSA) is 71.2 Å². The highest BCUT2D eigenvalue weighted by atomic mass is 16.5. The third-order valence-corrected chi connectivity index (χ3v) is 4.25. The summed E-state index contributed by atoms with van der Waals surface area (Å²) < 4.78 is 7.65. The van der Waals surface area contributed by atoms with E-state index in [0.29, 0.717) is 17.9 Å². The van der Waals surface area contributed by atoms with Crippen LogP contribution in [0.25, 0.3) is 0 Å². The molecule has 24 heavy (non-hydrogen) atoms. The van der Waals surface area contributed by atoms with Crippen LogP contribution in [0.2, 0.25) is 0 Å². The zero-order chi connectivity index (χ0) is 16.9. The summed E-state index contributed by atoms with van der Waals surface area (Å²) in [4.78, 5) is 14.5. The maximum absolute atomic E-state index is 12.7. The highest BCUT2D eigenvalue weighted by molar-refractivity contribution is 5.81. The van der Waals surface area contributed by atoms with Gasteiger partial charge in [0.05, 0.1) is 17.7 Å². The normalized spacial score (nSPS) is 18.7. The van der Waals surface area contributed by atoms with Crippen LogP contribution >= 0.6 is 0 Å². The van der Waals surface area contributed by atoms with Crippen molar-refractivity contribution < 1.29 is 9.53 Å². The van der Waals surface area contributed by atoms with Crippen LogP contribution < -0.4 is 4.74 Å². The molecule has 0 aliphatic carbocycles. The van der Waals surface area contributed by atoms with Crippen LogP contribution in [0.1, 0.15) is 31.4 Å². The molecule has 1 amide bonds. The molecule has 3 rings (SSSR count). The van der Waals surface area contributed by atoms with E-state index in [1.54, 1.807) is 37.4 Å². The molecule has 1 aliphatic rings. The van der Waals surface area contributed by atoms with Gasteiger partial charge in [0.2, 0.25) is 0 Å². The van der Waals surface area contributed by atoms with Crippen molar-refractivity contribution in [2.75, 3.05) is 13.1 Å². The van der Waals surface area contributed by atoms with E-state index in [9.17, 15) is 4.79 Å². The Morgan fingerprint density at radius 2 is 2.21 bits per heavy atom. The Bertz CT molecular complexity index is 718. The zero-order valence-electron chi connectivity index (χ0n) is 13.6. The Hall–Kier alpha value is -2.81. The summed E-state index contributed by atoms with van der Waals surface area (Å²) in [6, 6.07) is 11.0. The third-order valence-electron chi connectivity index (χ3n) is 4.25. The van der Waals surface area contributed by atoms with Crippen LogP contribution in [0.4, 0.5) is 0 Å². The quantitative estimate of drug-likeness (QED) is 0.866. The molecule has 2 heterocycles. The van der Waals surface area contributed by atoms with Crippen molar-refractivity contribution in [1.82, 2.24) is 14.7 Å². The summed E-state index contributed by atoms with van der Waals surface area (Å²) in [7, 11) is 0. The van der Waals surface area contributed by atoms with Crippen LogP contribution in [0.15, 0.2) is 42.7 Å². The van der Waals surface area contributed by atoms with Crippen LogP contribution in [0.5, 0.6) is 5.75 Å². The molecule has 1 aromatic heterocycles. The van der Waals surface area contributed by atoms with E-state index < -0.39 is 6.10 Å². The highest BCUT2D eigenvalue weighted by Gasteiger charge is 2.28. The molecule has 0 spiro atoms. The Balaban J connectivity index is 1.61. The lowest BCUT2D eigenvalue weighted by Crippen LogP contribution is -2.46. The predicted octanol–water partition coefficient (Wildman–Crippen LogP) is 2.39. The van der Waals surface area contributed by atoms with E-state index in [1.807, 2.05) is 21.8 Å². The summed E-state index contributed by atoms with van der Waals surface area (Å²) in [5.41, 5.74) is 0.569. The summed E-state index contributed by atoms with van der Waals surface area (Å²) in [5, 5.41) is 13.1. The molecule has 0 saturated carbocycles. The zero-order valence-corrected chi connectivity index (χ0v) is 13.6. The van der Waals surface area contributed by atoms with Gasteiger partial charge in [0.1, 0.15) is 5.75 Å². The van der Waals surface area contributed by atoms with Gasteiger partial charge in [0.25, 0.3) is 5.91 Å². The number of amides is 1. The van der Waals surface area contributed by atoms with Crippen molar-refractivity contribution >= 4 is 5.91 Å². The predicted molar refractivity (Wildman–Crippen MR) is 88.3 cm³/mol. The van der Waals surface area contributed by atoms with E-state index in [1.165, 1.54) is 0 Å². The van der Waals surface area contributed by atoms with Gasteiger partial charge in [0, 0.05) is 25.5 Å². The number of aromatic nitrogens is 2. The average Bonchev–Trinajstić information content (AvgIpc) is 3.16.